The number of hydrogen-bond donors (Lipinski definition) is 2. The molecule has 2 heterocycles. The lowest BCUT2D eigenvalue weighted by molar-refractivity contribution is 0.00578. The lowest BCUT2D eigenvalue weighted by atomic mass is 9.79. The number of nitrogens with two attached hydrogens (primary N) is 1. The first-order valence-electron chi connectivity index (χ1n) is 9.66. The van der Waals surface area contributed by atoms with Crippen molar-refractivity contribution >= 4 is 65.7 Å². The summed E-state index contributed by atoms with van der Waals surface area (Å²) in [6.45, 7) is 13.9. The number of halogens is 1. The molecule has 1 aliphatic rings. The SMILES string of the molecule is CC(C)(C)N=C(N)OC(=N)c1ccc2c(c1)c(B1OC(C)(C)C(C)(C)O1)cn2SI. The van der Waals surface area contributed by atoms with Crippen LogP contribution in [0.3, 0.4) is 0 Å². The zero-order valence-corrected chi connectivity index (χ0v) is 21.3. The second kappa shape index (κ2) is 8.03. The average molecular weight is 542 g/mol. The maximum Gasteiger partial charge on any atom is 0.497 e. The quantitative estimate of drug-likeness (QED) is 0.262. The second-order valence-electron chi connectivity index (χ2n) is 9.35. The van der Waals surface area contributed by atoms with Gasteiger partial charge in [-0.2, -0.15) is 0 Å². The lowest BCUT2D eigenvalue weighted by Crippen LogP contribution is -2.41. The van der Waals surface area contributed by atoms with Gasteiger partial charge >= 0.3 is 7.12 Å². The largest absolute Gasteiger partial charge is 0.497 e. The Kier molecular flexibility index (Phi) is 6.27. The molecule has 1 aromatic heterocycles. The van der Waals surface area contributed by atoms with E-state index < -0.39 is 18.3 Å². The van der Waals surface area contributed by atoms with Crippen molar-refractivity contribution in [3.63, 3.8) is 0 Å². The molecule has 10 heteroatoms. The van der Waals surface area contributed by atoms with Crippen LogP contribution in [0.5, 0.6) is 0 Å². The molecule has 1 saturated heterocycles. The van der Waals surface area contributed by atoms with E-state index in [2.05, 4.69) is 30.2 Å². The monoisotopic (exact) mass is 542 g/mol. The predicted molar refractivity (Wildman–Crippen MR) is 134 cm³/mol. The molecule has 0 atom stereocenters. The Balaban J connectivity index is 1.99. The molecule has 3 rings (SSSR count). The van der Waals surface area contributed by atoms with Crippen molar-refractivity contribution in [3.8, 4) is 0 Å². The van der Waals surface area contributed by atoms with E-state index in [0.717, 1.165) is 16.4 Å². The van der Waals surface area contributed by atoms with Crippen LogP contribution in [0, 0.1) is 5.41 Å². The summed E-state index contributed by atoms with van der Waals surface area (Å²) in [6, 6.07) is 5.68. The van der Waals surface area contributed by atoms with Gasteiger partial charge in [-0.3, -0.25) is 9.38 Å². The van der Waals surface area contributed by atoms with Gasteiger partial charge in [0, 0.05) is 52.9 Å². The van der Waals surface area contributed by atoms with Crippen LogP contribution in [0.2, 0.25) is 0 Å². The molecule has 0 saturated carbocycles. The standard InChI is InChI=1S/C20H28BIN4O3S/c1-18(2,3)25-17(24)27-16(23)12-8-9-15-13(10-12)14(11-26(15)30-22)21-28-19(4,5)20(6,7)29-21/h8-11,23H,1-7H3,(H2,24,25). The van der Waals surface area contributed by atoms with Gasteiger partial charge in [-0.05, 0) is 66.7 Å². The molecular weight excluding hydrogens is 514 g/mol. The van der Waals surface area contributed by atoms with E-state index in [1.165, 1.54) is 0 Å². The minimum atomic E-state index is -0.500. The number of fused-ring (bicyclic) bond motifs is 1. The van der Waals surface area contributed by atoms with Crippen molar-refractivity contribution < 1.29 is 14.0 Å². The van der Waals surface area contributed by atoms with E-state index >= 15 is 0 Å². The highest BCUT2D eigenvalue weighted by Crippen LogP contribution is 2.37. The van der Waals surface area contributed by atoms with E-state index in [4.69, 9.17) is 25.2 Å². The number of rotatable bonds is 3. The third-order valence-electron chi connectivity index (χ3n) is 5.30. The van der Waals surface area contributed by atoms with E-state index in [0.29, 0.717) is 5.56 Å². The molecule has 0 unspecified atom stereocenters. The van der Waals surface area contributed by atoms with Crippen molar-refractivity contribution in [1.82, 2.24) is 3.97 Å². The molecule has 2 aromatic rings. The smallest absolute Gasteiger partial charge is 0.407 e. The van der Waals surface area contributed by atoms with Crippen molar-refractivity contribution in [2.45, 2.75) is 65.2 Å². The fourth-order valence-corrected chi connectivity index (χ4v) is 4.46. The molecule has 1 aromatic carbocycles. The van der Waals surface area contributed by atoms with Crippen molar-refractivity contribution in [2.24, 2.45) is 10.7 Å². The first kappa shape index (κ1) is 23.4. The van der Waals surface area contributed by atoms with Crippen LogP contribution in [0.25, 0.3) is 10.9 Å². The van der Waals surface area contributed by atoms with Gasteiger partial charge in [-0.25, -0.2) is 4.99 Å². The summed E-state index contributed by atoms with van der Waals surface area (Å²) in [5.41, 5.74) is 7.13. The molecule has 0 amide bonds. The highest BCUT2D eigenvalue weighted by atomic mass is 127. The summed E-state index contributed by atoms with van der Waals surface area (Å²) in [5.74, 6) is -0.0582. The zero-order valence-electron chi connectivity index (χ0n) is 18.4. The van der Waals surface area contributed by atoms with Crippen molar-refractivity contribution in [2.75, 3.05) is 0 Å². The molecule has 3 N–H and O–H groups in total. The summed E-state index contributed by atoms with van der Waals surface area (Å²) < 4.78 is 20.0. The van der Waals surface area contributed by atoms with E-state index in [9.17, 15) is 0 Å². The number of aromatic nitrogens is 1. The Hall–Kier alpha value is -1.24. The van der Waals surface area contributed by atoms with Gasteiger partial charge in [-0.1, -0.05) is 0 Å². The molecule has 0 bridgehead atoms. The van der Waals surface area contributed by atoms with Crippen molar-refractivity contribution in [1.29, 1.82) is 5.41 Å². The minimum absolute atomic E-state index is 0.0285. The Bertz CT molecular complexity index is 997. The minimum Gasteiger partial charge on any atom is -0.407 e. The number of hydrogen-bond acceptors (Lipinski definition) is 6. The molecule has 30 heavy (non-hydrogen) atoms. The molecule has 7 nitrogen and oxygen atoms in total. The van der Waals surface area contributed by atoms with Crippen LogP contribution in [-0.4, -0.2) is 39.8 Å². The summed E-state index contributed by atoms with van der Waals surface area (Å²) >= 11 is 2.24. The predicted octanol–water partition coefficient (Wildman–Crippen LogP) is 4.24. The van der Waals surface area contributed by atoms with Crippen LogP contribution in [-0.2, 0) is 14.0 Å². The van der Waals surface area contributed by atoms with Gasteiger partial charge in [0.05, 0.1) is 22.3 Å². The van der Waals surface area contributed by atoms with Gasteiger partial charge in [0.25, 0.3) is 6.02 Å². The third kappa shape index (κ3) is 4.66. The van der Waals surface area contributed by atoms with Gasteiger partial charge < -0.3 is 19.8 Å². The van der Waals surface area contributed by atoms with Crippen LogP contribution in [0.15, 0.2) is 29.4 Å². The molecular formula is C20H28BIN4O3S. The maximum absolute atomic E-state index is 8.34. The summed E-state index contributed by atoms with van der Waals surface area (Å²) in [6.07, 6.45) is 2.02. The number of aliphatic imine (C=N–C) groups is 1. The number of benzene rings is 1. The van der Waals surface area contributed by atoms with Crippen LogP contribution in [0.1, 0.15) is 54.0 Å². The summed E-state index contributed by atoms with van der Waals surface area (Å²) in [7, 11) is 1.06. The Morgan fingerprint density at radius 1 is 1.23 bits per heavy atom. The first-order chi connectivity index (χ1) is 13.7. The lowest BCUT2D eigenvalue weighted by Gasteiger charge is -2.32. The molecule has 1 fully saturated rings. The van der Waals surface area contributed by atoms with Crippen LogP contribution < -0.4 is 11.2 Å². The average Bonchev–Trinajstić information content (AvgIpc) is 3.06. The molecule has 0 aliphatic carbocycles. The third-order valence-corrected chi connectivity index (χ3v) is 7.02. The fourth-order valence-electron chi connectivity index (χ4n) is 3.10. The fraction of sp³-hybridized carbons (Fsp3) is 0.500. The normalized spacial score (nSPS) is 18.8. The topological polar surface area (TPSA) is 94.9 Å². The van der Waals surface area contributed by atoms with Gasteiger partial charge in [0.1, 0.15) is 0 Å². The summed E-state index contributed by atoms with van der Waals surface area (Å²) in [5, 5.41) is 9.28. The van der Waals surface area contributed by atoms with E-state index in [1.807, 2.05) is 72.9 Å². The zero-order chi connectivity index (χ0) is 22.5. The van der Waals surface area contributed by atoms with E-state index in [1.54, 1.807) is 9.12 Å². The Labute approximate surface area is 194 Å². The van der Waals surface area contributed by atoms with Crippen LogP contribution in [0.4, 0.5) is 0 Å². The van der Waals surface area contributed by atoms with Gasteiger partial charge in [0.15, 0.2) is 0 Å². The Morgan fingerprint density at radius 3 is 2.37 bits per heavy atom. The highest BCUT2D eigenvalue weighted by molar-refractivity contribution is 14.2. The van der Waals surface area contributed by atoms with E-state index in [-0.39, 0.29) is 17.5 Å². The molecule has 1 aliphatic heterocycles. The molecule has 162 valence electrons. The van der Waals surface area contributed by atoms with Crippen molar-refractivity contribution in [3.05, 3.63) is 30.0 Å². The van der Waals surface area contributed by atoms with Gasteiger partial charge in [0.2, 0.25) is 5.90 Å². The second-order valence-corrected chi connectivity index (χ2v) is 11.1. The number of amidine groups is 1. The maximum atomic E-state index is 8.34. The highest BCUT2D eigenvalue weighted by Gasteiger charge is 2.52. The van der Waals surface area contributed by atoms with Gasteiger partial charge in [-0.15, -0.1) is 0 Å². The van der Waals surface area contributed by atoms with Crippen LogP contribution >= 0.6 is 30.3 Å². The number of nitrogens with one attached hydrogen (secondary N) is 1. The first-order valence-corrected chi connectivity index (χ1v) is 13.0. The molecule has 0 radical (unpaired) electrons. The Morgan fingerprint density at radius 2 is 1.83 bits per heavy atom. The number of ether oxygens (including phenoxy) is 1. The number of nitrogens with zero attached hydrogens (tertiary/aromatic N) is 2. The summed E-state index contributed by atoms with van der Waals surface area (Å²) in [4.78, 5) is 4.25. The molecule has 0 spiro atoms.